The molecule has 1 amide bonds. The minimum Gasteiger partial charge on any atom is -0.466 e. The van der Waals surface area contributed by atoms with E-state index < -0.39 is 0 Å². The molecule has 0 radical (unpaired) electrons. The molecule has 1 aliphatic carbocycles. The van der Waals surface area contributed by atoms with Crippen molar-refractivity contribution in [3.8, 4) is 0 Å². The summed E-state index contributed by atoms with van der Waals surface area (Å²) in [4.78, 5) is 26.3. The number of carbonyl (C=O) groups is 2. The van der Waals surface area contributed by atoms with Crippen LogP contribution in [0.5, 0.6) is 0 Å². The fraction of sp³-hybridized carbons (Fsp3) is 0.619. The highest BCUT2D eigenvalue weighted by atomic mass is 35.5. The van der Waals surface area contributed by atoms with E-state index in [1.807, 2.05) is 24.3 Å². The van der Waals surface area contributed by atoms with Crippen molar-refractivity contribution >= 4 is 23.5 Å². The predicted octanol–water partition coefficient (Wildman–Crippen LogP) is 4.98. The zero-order valence-electron chi connectivity index (χ0n) is 15.7. The lowest BCUT2D eigenvalue weighted by Crippen LogP contribution is -2.33. The molecular weight excluding hydrogens is 350 g/mol. The Bertz CT molecular complexity index is 567. The number of halogens is 1. The third-order valence-electron chi connectivity index (χ3n) is 5.02. The van der Waals surface area contributed by atoms with E-state index in [-0.39, 0.29) is 18.3 Å². The van der Waals surface area contributed by atoms with Crippen molar-refractivity contribution in [2.24, 2.45) is 5.92 Å². The molecular formula is C21H30ClNO3. The molecule has 1 aliphatic rings. The Morgan fingerprint density at radius 1 is 1.12 bits per heavy atom. The summed E-state index contributed by atoms with van der Waals surface area (Å²) in [7, 11) is 0. The van der Waals surface area contributed by atoms with Crippen molar-refractivity contribution in [3.63, 3.8) is 0 Å². The second kappa shape index (κ2) is 11.2. The van der Waals surface area contributed by atoms with Gasteiger partial charge in [0, 0.05) is 24.5 Å². The van der Waals surface area contributed by atoms with Crippen LogP contribution in [-0.2, 0) is 20.9 Å². The molecule has 26 heavy (non-hydrogen) atoms. The summed E-state index contributed by atoms with van der Waals surface area (Å²) in [6.45, 7) is 3.05. The van der Waals surface area contributed by atoms with Crippen LogP contribution in [0.1, 0.15) is 63.9 Å². The van der Waals surface area contributed by atoms with Gasteiger partial charge in [-0.3, -0.25) is 9.59 Å². The fourth-order valence-corrected chi connectivity index (χ4v) is 3.65. The smallest absolute Gasteiger partial charge is 0.307 e. The molecule has 0 atom stereocenters. The van der Waals surface area contributed by atoms with Gasteiger partial charge < -0.3 is 9.64 Å². The SMILES string of the molecule is CCOC(=O)CCN(Cc1ccc(Cl)cc1)C(=O)CCC1CCCCC1. The van der Waals surface area contributed by atoms with Crippen molar-refractivity contribution < 1.29 is 14.3 Å². The van der Waals surface area contributed by atoms with Crippen LogP contribution < -0.4 is 0 Å². The van der Waals surface area contributed by atoms with E-state index in [0.29, 0.717) is 37.1 Å². The third kappa shape index (κ3) is 7.36. The monoisotopic (exact) mass is 379 g/mol. The Morgan fingerprint density at radius 3 is 2.46 bits per heavy atom. The minimum atomic E-state index is -0.256. The number of amides is 1. The molecule has 0 saturated heterocycles. The maximum Gasteiger partial charge on any atom is 0.307 e. The van der Waals surface area contributed by atoms with E-state index in [2.05, 4.69) is 0 Å². The topological polar surface area (TPSA) is 46.6 Å². The van der Waals surface area contributed by atoms with Crippen molar-refractivity contribution in [2.75, 3.05) is 13.2 Å². The molecule has 0 unspecified atom stereocenters. The van der Waals surface area contributed by atoms with Gasteiger partial charge in [-0.05, 0) is 37.0 Å². The first-order chi connectivity index (χ1) is 12.6. The highest BCUT2D eigenvalue weighted by molar-refractivity contribution is 6.30. The number of benzene rings is 1. The van der Waals surface area contributed by atoms with Crippen LogP contribution in [0.2, 0.25) is 5.02 Å². The van der Waals surface area contributed by atoms with Crippen LogP contribution in [0.15, 0.2) is 24.3 Å². The van der Waals surface area contributed by atoms with Crippen molar-refractivity contribution in [3.05, 3.63) is 34.9 Å². The molecule has 0 aliphatic heterocycles. The Morgan fingerprint density at radius 2 is 1.81 bits per heavy atom. The molecule has 1 fully saturated rings. The summed E-state index contributed by atoms with van der Waals surface area (Å²) in [5.41, 5.74) is 1.02. The van der Waals surface area contributed by atoms with E-state index in [4.69, 9.17) is 16.3 Å². The Hall–Kier alpha value is -1.55. The van der Waals surface area contributed by atoms with Gasteiger partial charge in [0.1, 0.15) is 0 Å². The normalized spacial score (nSPS) is 14.8. The molecule has 0 N–H and O–H groups in total. The van der Waals surface area contributed by atoms with Gasteiger partial charge in [-0.2, -0.15) is 0 Å². The molecule has 0 spiro atoms. The summed E-state index contributed by atoms with van der Waals surface area (Å²) < 4.78 is 5.00. The molecule has 1 aromatic rings. The molecule has 0 bridgehead atoms. The summed E-state index contributed by atoms with van der Waals surface area (Å²) in [6.07, 6.45) is 8.13. The summed E-state index contributed by atoms with van der Waals surface area (Å²) in [5.74, 6) is 0.540. The van der Waals surface area contributed by atoms with Gasteiger partial charge in [-0.1, -0.05) is 55.8 Å². The molecule has 4 nitrogen and oxygen atoms in total. The van der Waals surface area contributed by atoms with Crippen LogP contribution >= 0.6 is 11.6 Å². The largest absolute Gasteiger partial charge is 0.466 e. The number of nitrogens with zero attached hydrogens (tertiary/aromatic N) is 1. The number of hydrogen-bond donors (Lipinski definition) is 0. The number of carbonyl (C=O) groups excluding carboxylic acids is 2. The van der Waals surface area contributed by atoms with Crippen molar-refractivity contribution in [2.45, 2.75) is 64.8 Å². The van der Waals surface area contributed by atoms with Gasteiger partial charge >= 0.3 is 5.97 Å². The van der Waals surface area contributed by atoms with Crippen LogP contribution in [0.3, 0.4) is 0 Å². The maximum absolute atomic E-state index is 12.8. The highest BCUT2D eigenvalue weighted by Crippen LogP contribution is 2.27. The standard InChI is InChI=1S/C21H30ClNO3/c1-2-26-21(25)14-15-23(16-18-8-11-19(22)12-9-18)20(24)13-10-17-6-4-3-5-7-17/h8-9,11-12,17H,2-7,10,13-16H2,1H3. The average molecular weight is 380 g/mol. The Labute approximate surface area is 161 Å². The first-order valence-electron chi connectivity index (χ1n) is 9.76. The maximum atomic E-state index is 12.8. The molecule has 144 valence electrons. The van der Waals surface area contributed by atoms with Crippen LogP contribution in [0.25, 0.3) is 0 Å². The van der Waals surface area contributed by atoms with E-state index in [0.717, 1.165) is 12.0 Å². The van der Waals surface area contributed by atoms with Crippen LogP contribution in [0, 0.1) is 5.92 Å². The van der Waals surface area contributed by atoms with E-state index in [1.165, 1.54) is 32.1 Å². The lowest BCUT2D eigenvalue weighted by Gasteiger charge is -2.25. The fourth-order valence-electron chi connectivity index (χ4n) is 3.52. The molecule has 1 aromatic carbocycles. The lowest BCUT2D eigenvalue weighted by molar-refractivity contribution is -0.144. The Balaban J connectivity index is 1.92. The number of esters is 1. The van der Waals surface area contributed by atoms with E-state index in [1.54, 1.807) is 11.8 Å². The van der Waals surface area contributed by atoms with Gasteiger partial charge in [0.25, 0.3) is 0 Å². The second-order valence-electron chi connectivity index (χ2n) is 7.04. The van der Waals surface area contributed by atoms with Crippen molar-refractivity contribution in [1.82, 2.24) is 4.90 Å². The average Bonchev–Trinajstić information content (AvgIpc) is 2.66. The quantitative estimate of drug-likeness (QED) is 0.568. The number of hydrogen-bond acceptors (Lipinski definition) is 3. The van der Waals surface area contributed by atoms with E-state index in [9.17, 15) is 9.59 Å². The summed E-state index contributed by atoms with van der Waals surface area (Å²) >= 11 is 5.94. The predicted molar refractivity (Wildman–Crippen MR) is 104 cm³/mol. The van der Waals surface area contributed by atoms with Crippen molar-refractivity contribution in [1.29, 1.82) is 0 Å². The first-order valence-corrected chi connectivity index (χ1v) is 10.1. The minimum absolute atomic E-state index is 0.120. The van der Waals surface area contributed by atoms with E-state index >= 15 is 0 Å². The lowest BCUT2D eigenvalue weighted by atomic mass is 9.86. The van der Waals surface area contributed by atoms with Gasteiger partial charge in [-0.15, -0.1) is 0 Å². The molecule has 2 rings (SSSR count). The van der Waals surface area contributed by atoms with Crippen LogP contribution in [-0.4, -0.2) is 29.9 Å². The van der Waals surface area contributed by atoms with Gasteiger partial charge in [-0.25, -0.2) is 0 Å². The second-order valence-corrected chi connectivity index (χ2v) is 7.48. The summed E-state index contributed by atoms with van der Waals surface area (Å²) in [5, 5.41) is 0.676. The molecule has 5 heteroatoms. The third-order valence-corrected chi connectivity index (χ3v) is 5.27. The first kappa shape index (κ1) is 20.8. The number of ether oxygens (including phenoxy) is 1. The zero-order chi connectivity index (χ0) is 18.8. The zero-order valence-corrected chi connectivity index (χ0v) is 16.5. The van der Waals surface area contributed by atoms with Gasteiger partial charge in [0.15, 0.2) is 0 Å². The Kier molecular flexibility index (Phi) is 8.96. The highest BCUT2D eigenvalue weighted by Gasteiger charge is 2.19. The van der Waals surface area contributed by atoms with Gasteiger partial charge in [0.2, 0.25) is 5.91 Å². The summed E-state index contributed by atoms with van der Waals surface area (Å²) in [6, 6.07) is 7.50. The van der Waals surface area contributed by atoms with Crippen LogP contribution in [0.4, 0.5) is 0 Å². The molecule has 0 heterocycles. The number of rotatable bonds is 9. The molecule has 0 aromatic heterocycles. The molecule has 1 saturated carbocycles. The van der Waals surface area contributed by atoms with Gasteiger partial charge in [0.05, 0.1) is 13.0 Å².